The molecule has 9 nitrogen and oxygen atoms in total. The van der Waals surface area contributed by atoms with Gasteiger partial charge in [-0.2, -0.15) is 0 Å². The van der Waals surface area contributed by atoms with E-state index in [2.05, 4.69) is 0 Å². The van der Waals surface area contributed by atoms with E-state index in [4.69, 9.17) is 27.1 Å². The Morgan fingerprint density at radius 2 is 1.50 bits per heavy atom. The van der Waals surface area contributed by atoms with E-state index in [1.54, 1.807) is 30.3 Å². The maximum atomic E-state index is 12.7. The Morgan fingerprint density at radius 3 is 2.03 bits per heavy atom. The predicted molar refractivity (Wildman–Crippen MR) is 125 cm³/mol. The van der Waals surface area contributed by atoms with E-state index in [-0.39, 0.29) is 11.6 Å². The van der Waals surface area contributed by atoms with E-state index < -0.39 is 17.0 Å². The number of benzene rings is 2. The Labute approximate surface area is 190 Å². The Morgan fingerprint density at radius 1 is 0.969 bits per heavy atom. The largest absolute Gasteiger partial charge is 0.507 e. The molecule has 0 aromatic heterocycles. The number of allylic oxidation sites excluding steroid dienone is 1. The number of piperazine rings is 1. The van der Waals surface area contributed by atoms with Gasteiger partial charge in [0.2, 0.25) is 0 Å². The molecular formula is C22H29N5O4S. The Balaban J connectivity index is 0.000000837. The van der Waals surface area contributed by atoms with E-state index in [1.807, 2.05) is 39.5 Å². The first-order valence-electron chi connectivity index (χ1n) is 9.87. The van der Waals surface area contributed by atoms with Crippen molar-refractivity contribution in [2.75, 3.05) is 26.2 Å². The van der Waals surface area contributed by atoms with Crippen LogP contribution in [0, 0.1) is 0 Å². The third kappa shape index (κ3) is 7.03. The highest BCUT2D eigenvalue weighted by Gasteiger charge is 2.24. The van der Waals surface area contributed by atoms with Crippen molar-refractivity contribution in [3.63, 3.8) is 0 Å². The van der Waals surface area contributed by atoms with E-state index >= 15 is 0 Å². The fraction of sp³-hybridized carbons (Fsp3) is 0.227. The summed E-state index contributed by atoms with van der Waals surface area (Å²) in [6.45, 7) is 3.50. The average Bonchev–Trinajstić information content (AvgIpc) is 2.77. The number of phenols is 1. The van der Waals surface area contributed by atoms with Crippen LogP contribution >= 0.6 is 0 Å². The molecular weight excluding hydrogens is 430 g/mol. The molecule has 1 unspecified atom stereocenters. The van der Waals surface area contributed by atoms with Crippen molar-refractivity contribution in [2.45, 2.75) is 11.8 Å². The van der Waals surface area contributed by atoms with Crippen molar-refractivity contribution in [1.82, 2.24) is 9.21 Å². The zero-order valence-electron chi connectivity index (χ0n) is 17.8. The lowest BCUT2D eigenvalue weighted by molar-refractivity contribution is -0.134. The van der Waals surface area contributed by atoms with Crippen molar-refractivity contribution in [3.8, 4) is 5.75 Å². The van der Waals surface area contributed by atoms with Gasteiger partial charge in [0, 0.05) is 44.4 Å². The number of hydrogen-bond donors (Lipinski definition) is 5. The number of nitrogens with two attached hydrogens (primary N) is 3. The van der Waals surface area contributed by atoms with Gasteiger partial charge >= 0.3 is 0 Å². The number of aliphatic carboxylic acids is 1. The molecule has 0 amide bonds. The van der Waals surface area contributed by atoms with E-state index in [1.165, 1.54) is 0 Å². The lowest BCUT2D eigenvalue weighted by atomic mass is 10.1. The first kappa shape index (κ1) is 24.8. The van der Waals surface area contributed by atoms with Gasteiger partial charge in [0.1, 0.15) is 22.6 Å². The second-order valence-electron chi connectivity index (χ2n) is 6.95. The molecule has 3 rings (SSSR count). The fourth-order valence-corrected chi connectivity index (χ4v) is 4.26. The summed E-state index contributed by atoms with van der Waals surface area (Å²) in [5.41, 5.74) is 19.5. The number of hydrogen-bond acceptors (Lipinski definition) is 7. The summed E-state index contributed by atoms with van der Waals surface area (Å²) < 4.78 is 14.6. The van der Waals surface area contributed by atoms with Gasteiger partial charge in [0.25, 0.3) is 5.97 Å². The van der Waals surface area contributed by atoms with E-state index in [0.717, 1.165) is 11.8 Å². The van der Waals surface area contributed by atoms with Gasteiger partial charge < -0.3 is 32.3 Å². The molecule has 2 aromatic carbocycles. The summed E-state index contributed by atoms with van der Waals surface area (Å²) in [5, 5.41) is 17.4. The van der Waals surface area contributed by atoms with Crippen molar-refractivity contribution in [2.24, 2.45) is 17.2 Å². The Kier molecular flexibility index (Phi) is 9.11. The minimum absolute atomic E-state index is 0.0919. The highest BCUT2D eigenvalue weighted by atomic mass is 32.2. The second-order valence-corrected chi connectivity index (χ2v) is 8.44. The molecule has 8 N–H and O–H groups in total. The summed E-state index contributed by atoms with van der Waals surface area (Å²) in [6, 6.07) is 16.2. The quantitative estimate of drug-likeness (QED) is 0.417. The molecule has 32 heavy (non-hydrogen) atoms. The van der Waals surface area contributed by atoms with Crippen molar-refractivity contribution in [1.29, 1.82) is 0 Å². The molecule has 1 aliphatic heterocycles. The normalized spacial score (nSPS) is 15.3. The first-order valence-corrected chi connectivity index (χ1v) is 11.0. The number of aromatic hydroxyl groups is 1. The van der Waals surface area contributed by atoms with Crippen LogP contribution in [0.1, 0.15) is 12.5 Å². The van der Waals surface area contributed by atoms with Crippen LogP contribution in [0.4, 0.5) is 0 Å². The number of phenolic OH excluding ortho intramolecular Hbond substituents is 1. The zero-order valence-corrected chi connectivity index (χ0v) is 18.7. The van der Waals surface area contributed by atoms with Crippen LogP contribution in [0.3, 0.4) is 0 Å². The zero-order chi connectivity index (χ0) is 23.7. The van der Waals surface area contributed by atoms with Crippen molar-refractivity contribution in [3.05, 3.63) is 77.8 Å². The fourth-order valence-electron chi connectivity index (χ4n) is 3.08. The molecule has 1 saturated heterocycles. The van der Waals surface area contributed by atoms with Gasteiger partial charge in [-0.1, -0.05) is 30.3 Å². The smallest absolute Gasteiger partial charge is 0.300 e. The van der Waals surface area contributed by atoms with Crippen LogP contribution in [0.25, 0.3) is 5.70 Å². The number of carbonyl (C=O) groups is 1. The standard InChI is InChI=1S/C20H25N5O2S.C2H4O2/c21-17(16-8-4-5-9-19(16)26)14-18(20(22)23)24-10-12-25(13-11-24)28(27)15-6-2-1-3-7-15;1-2(3)4/h1-9,14,26H,10-13,21-23H2;1H3,(H,3,4)/b17-14-;. The molecule has 1 fully saturated rings. The van der Waals surface area contributed by atoms with Gasteiger partial charge in [-0.25, -0.2) is 8.51 Å². The number of carboxylic acid groups (broad SMARTS) is 1. The third-order valence-electron chi connectivity index (χ3n) is 4.56. The van der Waals surface area contributed by atoms with Crippen LogP contribution in [0.2, 0.25) is 0 Å². The molecule has 0 saturated carbocycles. The maximum absolute atomic E-state index is 12.7. The van der Waals surface area contributed by atoms with Gasteiger partial charge in [0.15, 0.2) is 0 Å². The van der Waals surface area contributed by atoms with E-state index in [0.29, 0.717) is 43.1 Å². The molecule has 0 radical (unpaired) electrons. The minimum atomic E-state index is -1.20. The van der Waals surface area contributed by atoms with Crippen LogP contribution in [-0.2, 0) is 15.8 Å². The van der Waals surface area contributed by atoms with E-state index in [9.17, 15) is 9.32 Å². The monoisotopic (exact) mass is 459 g/mol. The van der Waals surface area contributed by atoms with Crippen molar-refractivity contribution < 1.29 is 19.2 Å². The minimum Gasteiger partial charge on any atom is -0.507 e. The summed E-state index contributed by atoms with van der Waals surface area (Å²) >= 11 is 0. The summed E-state index contributed by atoms with van der Waals surface area (Å²) in [5.74, 6) is -0.592. The maximum Gasteiger partial charge on any atom is 0.300 e. The van der Waals surface area contributed by atoms with Gasteiger partial charge in [-0.15, -0.1) is 0 Å². The second kappa shape index (κ2) is 11.8. The van der Waals surface area contributed by atoms with Crippen LogP contribution in [0.5, 0.6) is 5.75 Å². The lowest BCUT2D eigenvalue weighted by Gasteiger charge is -2.36. The molecule has 2 aromatic rings. The highest BCUT2D eigenvalue weighted by Crippen LogP contribution is 2.24. The average molecular weight is 460 g/mol. The molecule has 1 heterocycles. The topological polar surface area (TPSA) is 159 Å². The molecule has 1 atom stereocenters. The molecule has 10 heteroatoms. The molecule has 0 aliphatic carbocycles. The number of para-hydroxylation sites is 1. The lowest BCUT2D eigenvalue weighted by Crippen LogP contribution is -2.47. The Bertz CT molecular complexity index is 994. The molecule has 1 aliphatic rings. The number of rotatable bonds is 5. The summed E-state index contributed by atoms with van der Waals surface area (Å²) in [4.78, 5) is 11.8. The van der Waals surface area contributed by atoms with Crippen LogP contribution in [0.15, 0.2) is 77.1 Å². The SMILES string of the molecule is CC(=O)O.NC(N)=C(/C=C(\N)c1ccccc1O)N1CCN(S(=O)c2ccccc2)CC1. The van der Waals surface area contributed by atoms with Gasteiger partial charge in [-0.05, 0) is 30.3 Å². The third-order valence-corrected chi connectivity index (χ3v) is 6.07. The molecule has 0 spiro atoms. The molecule has 172 valence electrons. The summed E-state index contributed by atoms with van der Waals surface area (Å²) in [7, 11) is -1.20. The summed E-state index contributed by atoms with van der Waals surface area (Å²) in [6.07, 6.45) is 1.67. The Hall–Kier alpha value is -3.50. The van der Waals surface area contributed by atoms with Gasteiger partial charge in [0.05, 0.1) is 10.6 Å². The highest BCUT2D eigenvalue weighted by molar-refractivity contribution is 7.82. The van der Waals surface area contributed by atoms with Crippen molar-refractivity contribution >= 4 is 22.7 Å². The van der Waals surface area contributed by atoms with Crippen LogP contribution < -0.4 is 17.2 Å². The number of nitrogens with zero attached hydrogens (tertiary/aromatic N) is 2. The molecule has 0 bridgehead atoms. The van der Waals surface area contributed by atoms with Gasteiger partial charge in [-0.3, -0.25) is 4.79 Å². The predicted octanol–water partition coefficient (Wildman–Crippen LogP) is 1.21. The number of carboxylic acids is 1. The van der Waals surface area contributed by atoms with Crippen LogP contribution in [-0.4, -0.2) is 55.8 Å². The first-order chi connectivity index (χ1) is 15.2.